The van der Waals surface area contributed by atoms with Gasteiger partial charge >= 0.3 is 0 Å². The first kappa shape index (κ1) is 16.8. The highest BCUT2D eigenvalue weighted by Crippen LogP contribution is 2.31. The number of rotatable bonds is 6. The average molecular weight is 351 g/mol. The van der Waals surface area contributed by atoms with E-state index in [4.69, 9.17) is 17.4 Å². The number of sulfonamides is 1. The molecular formula is C12H19ClN4O2S2. The summed E-state index contributed by atoms with van der Waals surface area (Å²) < 4.78 is 27.4. The SMILES string of the molecule is CCSC1CCC(NS(=O)(=O)c2cnc(NN)c(Cl)c2)C1. The Morgan fingerprint density at radius 3 is 2.90 bits per heavy atom. The molecule has 1 aromatic rings. The summed E-state index contributed by atoms with van der Waals surface area (Å²) in [4.78, 5) is 3.94. The molecule has 0 amide bonds. The maximum Gasteiger partial charge on any atom is 0.242 e. The van der Waals surface area contributed by atoms with Crippen LogP contribution >= 0.6 is 23.4 Å². The number of aromatic nitrogens is 1. The van der Waals surface area contributed by atoms with Crippen molar-refractivity contribution in [2.45, 2.75) is 42.4 Å². The van der Waals surface area contributed by atoms with Gasteiger partial charge in [0, 0.05) is 17.5 Å². The molecule has 1 aliphatic rings. The van der Waals surface area contributed by atoms with E-state index in [-0.39, 0.29) is 21.8 Å². The first-order valence-corrected chi connectivity index (χ1v) is 9.63. The van der Waals surface area contributed by atoms with Crippen LogP contribution in [-0.4, -0.2) is 30.4 Å². The van der Waals surface area contributed by atoms with E-state index < -0.39 is 10.0 Å². The van der Waals surface area contributed by atoms with Crippen LogP contribution in [0.15, 0.2) is 17.2 Å². The highest BCUT2D eigenvalue weighted by Gasteiger charge is 2.29. The normalized spacial score (nSPS) is 22.4. The lowest BCUT2D eigenvalue weighted by molar-refractivity contribution is 0.552. The first-order valence-electron chi connectivity index (χ1n) is 6.72. The summed E-state index contributed by atoms with van der Waals surface area (Å²) >= 11 is 7.80. The summed E-state index contributed by atoms with van der Waals surface area (Å²) in [5, 5.41) is 0.708. The molecule has 118 valence electrons. The highest BCUT2D eigenvalue weighted by molar-refractivity contribution is 7.99. The minimum absolute atomic E-state index is 0.0230. The van der Waals surface area contributed by atoms with Gasteiger partial charge in [-0.25, -0.2) is 24.0 Å². The van der Waals surface area contributed by atoms with E-state index in [0.29, 0.717) is 5.25 Å². The molecule has 0 spiro atoms. The van der Waals surface area contributed by atoms with Crippen molar-refractivity contribution in [3.8, 4) is 0 Å². The number of thioether (sulfide) groups is 1. The molecule has 0 radical (unpaired) electrons. The Labute approximate surface area is 134 Å². The van der Waals surface area contributed by atoms with Gasteiger partial charge in [-0.2, -0.15) is 11.8 Å². The summed E-state index contributed by atoms with van der Waals surface area (Å²) in [5.41, 5.74) is 2.31. The lowest BCUT2D eigenvalue weighted by Gasteiger charge is -2.14. The topological polar surface area (TPSA) is 97.1 Å². The zero-order chi connectivity index (χ0) is 15.5. The molecule has 0 aliphatic heterocycles. The molecule has 2 unspecified atom stereocenters. The molecule has 1 fully saturated rings. The van der Waals surface area contributed by atoms with Gasteiger partial charge in [-0.1, -0.05) is 18.5 Å². The molecule has 21 heavy (non-hydrogen) atoms. The van der Waals surface area contributed by atoms with Crippen molar-refractivity contribution >= 4 is 39.2 Å². The largest absolute Gasteiger partial charge is 0.307 e. The van der Waals surface area contributed by atoms with Crippen molar-refractivity contribution in [3.05, 3.63) is 17.3 Å². The fourth-order valence-corrected chi connectivity index (χ4v) is 5.08. The number of hydrogen-bond acceptors (Lipinski definition) is 6. The second-order valence-electron chi connectivity index (χ2n) is 4.85. The maximum absolute atomic E-state index is 12.3. The summed E-state index contributed by atoms with van der Waals surface area (Å²) in [7, 11) is -3.60. The average Bonchev–Trinajstić information content (AvgIpc) is 2.85. The van der Waals surface area contributed by atoms with Gasteiger partial charge in [0.1, 0.15) is 4.90 Å². The highest BCUT2D eigenvalue weighted by atomic mass is 35.5. The molecule has 1 aliphatic carbocycles. The van der Waals surface area contributed by atoms with Crippen LogP contribution in [0.5, 0.6) is 0 Å². The van der Waals surface area contributed by atoms with E-state index in [1.54, 1.807) is 0 Å². The van der Waals surface area contributed by atoms with Gasteiger partial charge in [0.25, 0.3) is 0 Å². The predicted molar refractivity (Wildman–Crippen MR) is 86.9 cm³/mol. The van der Waals surface area contributed by atoms with E-state index in [1.165, 1.54) is 12.3 Å². The van der Waals surface area contributed by atoms with E-state index in [0.717, 1.165) is 25.0 Å². The Kier molecular flexibility index (Phi) is 5.73. The van der Waals surface area contributed by atoms with E-state index in [2.05, 4.69) is 22.1 Å². The molecule has 0 aromatic carbocycles. The zero-order valence-corrected chi connectivity index (χ0v) is 14.1. The summed E-state index contributed by atoms with van der Waals surface area (Å²) in [6.07, 6.45) is 4.01. The van der Waals surface area contributed by atoms with E-state index in [1.807, 2.05) is 11.8 Å². The van der Waals surface area contributed by atoms with Crippen LogP contribution in [0.25, 0.3) is 0 Å². The molecule has 1 saturated carbocycles. The zero-order valence-electron chi connectivity index (χ0n) is 11.7. The number of anilines is 1. The first-order chi connectivity index (χ1) is 9.96. The van der Waals surface area contributed by atoms with Crippen molar-refractivity contribution in [2.24, 2.45) is 5.84 Å². The number of pyridine rings is 1. The van der Waals surface area contributed by atoms with Crippen molar-refractivity contribution in [3.63, 3.8) is 0 Å². The molecule has 6 nitrogen and oxygen atoms in total. The van der Waals surface area contributed by atoms with Crippen LogP contribution in [0.2, 0.25) is 5.02 Å². The molecular weight excluding hydrogens is 332 g/mol. The van der Waals surface area contributed by atoms with Gasteiger partial charge in [-0.3, -0.25) is 0 Å². The number of nitrogen functional groups attached to an aromatic ring is 1. The summed E-state index contributed by atoms with van der Waals surface area (Å²) in [6, 6.07) is 1.32. The third-order valence-corrected chi connectivity index (χ3v) is 6.38. The molecule has 0 bridgehead atoms. The fraction of sp³-hybridized carbons (Fsp3) is 0.583. The maximum atomic E-state index is 12.3. The molecule has 1 aromatic heterocycles. The van der Waals surface area contributed by atoms with Gasteiger partial charge < -0.3 is 5.43 Å². The smallest absolute Gasteiger partial charge is 0.242 e. The predicted octanol–water partition coefficient (Wildman–Crippen LogP) is 1.97. The number of halogens is 1. The van der Waals surface area contributed by atoms with Crippen LogP contribution in [0.4, 0.5) is 5.82 Å². The standard InChI is InChI=1S/C12H19ClN4O2S2/c1-2-20-9-4-3-8(5-9)17-21(18,19)10-6-11(13)12(16-14)15-7-10/h6-9,17H,2-5,14H2,1H3,(H,15,16). The van der Waals surface area contributed by atoms with Gasteiger partial charge in [0.2, 0.25) is 10.0 Å². The second kappa shape index (κ2) is 7.15. The second-order valence-corrected chi connectivity index (χ2v) is 8.55. The van der Waals surface area contributed by atoms with Gasteiger partial charge in [0.15, 0.2) is 5.82 Å². The molecule has 2 rings (SSSR count). The Morgan fingerprint density at radius 1 is 1.52 bits per heavy atom. The summed E-state index contributed by atoms with van der Waals surface area (Å²) in [6.45, 7) is 2.11. The number of nitrogens with two attached hydrogens (primary N) is 1. The van der Waals surface area contributed by atoms with Crippen molar-refractivity contribution in [2.75, 3.05) is 11.2 Å². The number of hydrazine groups is 1. The molecule has 0 saturated heterocycles. The van der Waals surface area contributed by atoms with E-state index >= 15 is 0 Å². The minimum atomic E-state index is -3.60. The minimum Gasteiger partial charge on any atom is -0.307 e. The number of nitrogens with one attached hydrogen (secondary N) is 2. The Balaban J connectivity index is 2.07. The Bertz CT molecular complexity index is 597. The van der Waals surface area contributed by atoms with Crippen molar-refractivity contribution in [1.82, 2.24) is 9.71 Å². The molecule has 2 atom stereocenters. The van der Waals surface area contributed by atoms with Crippen LogP contribution in [0, 0.1) is 0 Å². The van der Waals surface area contributed by atoms with Gasteiger partial charge in [0.05, 0.1) is 5.02 Å². The summed E-state index contributed by atoms with van der Waals surface area (Å²) in [5.74, 6) is 6.52. The quantitative estimate of drug-likeness (QED) is 0.536. The molecule has 1 heterocycles. The van der Waals surface area contributed by atoms with Gasteiger partial charge in [-0.15, -0.1) is 0 Å². The third kappa shape index (κ3) is 4.23. The third-order valence-electron chi connectivity index (χ3n) is 3.37. The van der Waals surface area contributed by atoms with Crippen molar-refractivity contribution < 1.29 is 8.42 Å². The van der Waals surface area contributed by atoms with Crippen LogP contribution in [-0.2, 0) is 10.0 Å². The molecule has 4 N–H and O–H groups in total. The number of nitrogens with zero attached hydrogens (tertiary/aromatic N) is 1. The Morgan fingerprint density at radius 2 is 2.29 bits per heavy atom. The van der Waals surface area contributed by atoms with Crippen molar-refractivity contribution in [1.29, 1.82) is 0 Å². The fourth-order valence-electron chi connectivity index (χ4n) is 2.40. The van der Waals surface area contributed by atoms with Gasteiger partial charge in [-0.05, 0) is 31.1 Å². The van der Waals surface area contributed by atoms with Crippen LogP contribution in [0.1, 0.15) is 26.2 Å². The lowest BCUT2D eigenvalue weighted by Crippen LogP contribution is -2.33. The lowest BCUT2D eigenvalue weighted by atomic mass is 10.3. The van der Waals surface area contributed by atoms with E-state index in [9.17, 15) is 8.42 Å². The molecule has 9 heteroatoms. The van der Waals surface area contributed by atoms with Crippen LogP contribution in [0.3, 0.4) is 0 Å². The van der Waals surface area contributed by atoms with Crippen LogP contribution < -0.4 is 16.0 Å². The monoisotopic (exact) mass is 350 g/mol. The number of hydrogen-bond donors (Lipinski definition) is 3. The Hall–Kier alpha value is -0.540.